The molecule has 11 heteroatoms. The van der Waals surface area contributed by atoms with Gasteiger partial charge in [0.2, 0.25) is 12.4 Å². The van der Waals surface area contributed by atoms with Crippen LogP contribution in [0.15, 0.2) is 12.3 Å². The largest absolute Gasteiger partial charge is 0.433 e. The van der Waals surface area contributed by atoms with Crippen molar-refractivity contribution in [1.29, 1.82) is 0 Å². The molecule has 0 radical (unpaired) electrons. The molecule has 1 saturated carbocycles. The summed E-state index contributed by atoms with van der Waals surface area (Å²) in [5.41, 5.74) is 3.18. The van der Waals surface area contributed by atoms with Gasteiger partial charge in [0.15, 0.2) is 0 Å². The van der Waals surface area contributed by atoms with Crippen molar-refractivity contribution in [3.8, 4) is 0 Å². The monoisotopic (exact) mass is 389 g/mol. The SMILES string of the molecule is CCCCC1CC(C(C(=O)NNc2nccc(C(F)(F)F)n2)N(O)C=O)C1. The summed E-state index contributed by atoms with van der Waals surface area (Å²) in [6, 6.07) is -0.443. The number of hydrogen-bond acceptors (Lipinski definition) is 6. The van der Waals surface area contributed by atoms with Crippen LogP contribution in [0.2, 0.25) is 0 Å². The van der Waals surface area contributed by atoms with E-state index in [1.807, 2.05) is 0 Å². The van der Waals surface area contributed by atoms with Gasteiger partial charge in [-0.05, 0) is 30.7 Å². The minimum atomic E-state index is -4.65. The number of nitrogens with one attached hydrogen (secondary N) is 2. The lowest BCUT2D eigenvalue weighted by Gasteiger charge is -2.41. The van der Waals surface area contributed by atoms with Crippen LogP contribution in [0.1, 0.15) is 44.7 Å². The third-order valence-corrected chi connectivity index (χ3v) is 4.59. The summed E-state index contributed by atoms with van der Waals surface area (Å²) in [6.45, 7) is 2.08. The van der Waals surface area contributed by atoms with E-state index in [-0.39, 0.29) is 17.4 Å². The number of carbonyl (C=O) groups excluding carboxylic acids is 2. The van der Waals surface area contributed by atoms with Crippen molar-refractivity contribution in [2.45, 2.75) is 51.2 Å². The molecule has 0 bridgehead atoms. The molecule has 1 unspecified atom stereocenters. The first-order valence-electron chi connectivity index (χ1n) is 8.64. The van der Waals surface area contributed by atoms with Gasteiger partial charge in [0.1, 0.15) is 11.7 Å². The molecule has 1 atom stereocenters. The number of nitrogens with zero attached hydrogens (tertiary/aromatic N) is 3. The third kappa shape index (κ3) is 5.52. The Labute approximate surface area is 154 Å². The number of carbonyl (C=O) groups is 2. The molecule has 8 nitrogen and oxygen atoms in total. The van der Waals surface area contributed by atoms with Gasteiger partial charge in [0.05, 0.1) is 0 Å². The number of hydrazine groups is 1. The van der Waals surface area contributed by atoms with Gasteiger partial charge in [-0.1, -0.05) is 26.2 Å². The summed E-state index contributed by atoms with van der Waals surface area (Å²) in [5.74, 6) is -1.01. The molecule has 1 aromatic heterocycles. The molecule has 1 aliphatic carbocycles. The van der Waals surface area contributed by atoms with Gasteiger partial charge in [-0.2, -0.15) is 13.2 Å². The van der Waals surface area contributed by atoms with Crippen LogP contribution in [0.25, 0.3) is 0 Å². The number of anilines is 1. The molecule has 1 fully saturated rings. The minimum Gasteiger partial charge on any atom is -0.285 e. The van der Waals surface area contributed by atoms with E-state index in [4.69, 9.17) is 0 Å². The van der Waals surface area contributed by atoms with Gasteiger partial charge in [-0.25, -0.2) is 15.0 Å². The topological polar surface area (TPSA) is 107 Å². The second-order valence-electron chi connectivity index (χ2n) is 6.55. The lowest BCUT2D eigenvalue weighted by molar-refractivity contribution is -0.177. The highest BCUT2D eigenvalue weighted by Gasteiger charge is 2.41. The zero-order valence-corrected chi connectivity index (χ0v) is 14.7. The molecular formula is C16H22F3N5O3. The van der Waals surface area contributed by atoms with E-state index < -0.39 is 29.8 Å². The number of halogens is 3. The second kappa shape index (κ2) is 8.98. The number of aromatic nitrogens is 2. The average molecular weight is 389 g/mol. The van der Waals surface area contributed by atoms with Crippen molar-refractivity contribution in [2.24, 2.45) is 11.8 Å². The number of amides is 2. The molecule has 1 aliphatic rings. The molecule has 27 heavy (non-hydrogen) atoms. The van der Waals surface area contributed by atoms with Gasteiger partial charge in [-0.3, -0.25) is 25.6 Å². The normalized spacial score (nSPS) is 20.3. The number of hydroxylamine groups is 2. The smallest absolute Gasteiger partial charge is 0.285 e. The average Bonchev–Trinajstić information content (AvgIpc) is 2.60. The predicted octanol–water partition coefficient (Wildman–Crippen LogP) is 2.37. The van der Waals surface area contributed by atoms with Crippen LogP contribution < -0.4 is 10.9 Å². The van der Waals surface area contributed by atoms with E-state index in [0.29, 0.717) is 24.8 Å². The molecule has 1 heterocycles. The van der Waals surface area contributed by atoms with Crippen LogP contribution in [0.5, 0.6) is 0 Å². The molecule has 1 aromatic rings. The number of alkyl halides is 3. The Morgan fingerprint density at radius 2 is 2.19 bits per heavy atom. The highest BCUT2D eigenvalue weighted by Crippen LogP contribution is 2.40. The van der Waals surface area contributed by atoms with Gasteiger partial charge >= 0.3 is 6.18 Å². The zero-order valence-electron chi connectivity index (χ0n) is 14.7. The Hall–Kier alpha value is -2.43. The predicted molar refractivity (Wildman–Crippen MR) is 88.0 cm³/mol. The Bertz CT molecular complexity index is 652. The maximum absolute atomic E-state index is 12.6. The Morgan fingerprint density at radius 1 is 1.48 bits per heavy atom. The second-order valence-corrected chi connectivity index (χ2v) is 6.55. The quantitative estimate of drug-likeness (QED) is 0.340. The fourth-order valence-corrected chi connectivity index (χ4v) is 3.16. The van der Waals surface area contributed by atoms with E-state index in [1.165, 1.54) is 0 Å². The number of unbranched alkanes of at least 4 members (excludes halogenated alkanes) is 1. The summed E-state index contributed by atoms with van der Waals surface area (Å²) >= 11 is 0. The molecule has 2 rings (SSSR count). The Morgan fingerprint density at radius 3 is 2.78 bits per heavy atom. The molecule has 3 N–H and O–H groups in total. The van der Waals surface area contributed by atoms with Crippen molar-refractivity contribution in [2.75, 3.05) is 5.43 Å². The van der Waals surface area contributed by atoms with Crippen molar-refractivity contribution < 1.29 is 28.0 Å². The Kier molecular flexibility index (Phi) is 6.94. The summed E-state index contributed by atoms with van der Waals surface area (Å²) < 4.78 is 37.9. The summed E-state index contributed by atoms with van der Waals surface area (Å²) in [6.07, 6.45) is 0.896. The first kappa shape index (κ1) is 20.9. The molecule has 0 saturated heterocycles. The lowest BCUT2D eigenvalue weighted by Crippen LogP contribution is -2.54. The van der Waals surface area contributed by atoms with Crippen LogP contribution in [-0.2, 0) is 15.8 Å². The molecule has 0 aliphatic heterocycles. The standard InChI is InChI=1S/C16H22F3N5O3/c1-2-3-4-10-7-11(8-10)13(24(27)9-25)14(26)22-23-15-20-6-5-12(21-15)16(17,18)19/h5-6,9-11,13,27H,2-4,7-8H2,1H3,(H,22,26)(H,20,21,23). The molecule has 150 valence electrons. The number of hydrogen-bond donors (Lipinski definition) is 3. The van der Waals surface area contributed by atoms with E-state index in [2.05, 4.69) is 27.7 Å². The van der Waals surface area contributed by atoms with E-state index in [9.17, 15) is 28.0 Å². The highest BCUT2D eigenvalue weighted by molar-refractivity contribution is 5.84. The molecule has 0 spiro atoms. The van der Waals surface area contributed by atoms with Gasteiger partial charge < -0.3 is 0 Å². The summed E-state index contributed by atoms with van der Waals surface area (Å²) in [7, 11) is 0. The third-order valence-electron chi connectivity index (χ3n) is 4.59. The first-order valence-corrected chi connectivity index (χ1v) is 8.64. The van der Waals surface area contributed by atoms with Gasteiger partial charge in [0.25, 0.3) is 5.91 Å². The van der Waals surface area contributed by atoms with Gasteiger partial charge in [-0.15, -0.1) is 0 Å². The molecule has 0 aromatic carbocycles. The maximum Gasteiger partial charge on any atom is 0.433 e. The van der Waals surface area contributed by atoms with E-state index in [0.717, 1.165) is 25.5 Å². The lowest BCUT2D eigenvalue weighted by atomic mass is 9.69. The minimum absolute atomic E-state index is 0.129. The van der Waals surface area contributed by atoms with Gasteiger partial charge in [0, 0.05) is 6.20 Å². The molecular weight excluding hydrogens is 367 g/mol. The zero-order chi connectivity index (χ0) is 20.0. The van der Waals surface area contributed by atoms with Crippen LogP contribution in [-0.4, -0.2) is 38.6 Å². The van der Waals surface area contributed by atoms with E-state index >= 15 is 0 Å². The van der Waals surface area contributed by atoms with E-state index in [1.54, 1.807) is 0 Å². The fourth-order valence-electron chi connectivity index (χ4n) is 3.16. The van der Waals surface area contributed by atoms with Crippen molar-refractivity contribution in [3.05, 3.63) is 18.0 Å². The maximum atomic E-state index is 12.6. The van der Waals surface area contributed by atoms with Crippen LogP contribution in [0, 0.1) is 11.8 Å². The van der Waals surface area contributed by atoms with Crippen molar-refractivity contribution in [1.82, 2.24) is 20.5 Å². The molecule has 2 amide bonds. The summed E-state index contributed by atoms with van der Waals surface area (Å²) in [5, 5.41) is 10.0. The van der Waals surface area contributed by atoms with Crippen molar-refractivity contribution >= 4 is 18.3 Å². The highest BCUT2D eigenvalue weighted by atomic mass is 19.4. The van der Waals surface area contributed by atoms with Crippen molar-refractivity contribution in [3.63, 3.8) is 0 Å². The van der Waals surface area contributed by atoms with Crippen LogP contribution in [0.4, 0.5) is 19.1 Å². The van der Waals surface area contributed by atoms with Crippen LogP contribution in [0.3, 0.4) is 0 Å². The first-order chi connectivity index (χ1) is 12.8. The fraction of sp³-hybridized carbons (Fsp3) is 0.625. The Balaban J connectivity index is 1.96. The van der Waals surface area contributed by atoms with Crippen LogP contribution >= 0.6 is 0 Å². The summed E-state index contributed by atoms with van der Waals surface area (Å²) in [4.78, 5) is 30.1. The number of rotatable bonds is 9.